The number of halogens is 2. The van der Waals surface area contributed by atoms with Crippen LogP contribution in [-0.2, 0) is 10.0 Å². The third-order valence-corrected chi connectivity index (χ3v) is 6.61. The molecule has 1 atom stereocenters. The molecule has 0 aromatic heterocycles. The zero-order chi connectivity index (χ0) is 17.3. The lowest BCUT2D eigenvalue weighted by molar-refractivity contribution is 0.171. The van der Waals surface area contributed by atoms with Crippen LogP contribution in [0.25, 0.3) is 0 Å². The van der Waals surface area contributed by atoms with E-state index in [0.717, 1.165) is 5.56 Å². The number of fused-ring (bicyclic) bond motifs is 1. The van der Waals surface area contributed by atoms with Crippen molar-refractivity contribution in [2.45, 2.75) is 17.9 Å². The first-order valence-electron chi connectivity index (χ1n) is 7.24. The molecule has 3 rings (SSSR count). The fourth-order valence-corrected chi connectivity index (χ4v) is 5.11. The van der Waals surface area contributed by atoms with Gasteiger partial charge < -0.3 is 9.47 Å². The highest BCUT2D eigenvalue weighted by Gasteiger charge is 2.22. The third kappa shape index (κ3) is 3.77. The smallest absolute Gasteiger partial charge is 0.242 e. The van der Waals surface area contributed by atoms with E-state index >= 15 is 0 Å². The summed E-state index contributed by atoms with van der Waals surface area (Å²) in [4.78, 5) is 0.182. The molecule has 1 heterocycles. The molecule has 0 saturated heterocycles. The van der Waals surface area contributed by atoms with Gasteiger partial charge in [0.25, 0.3) is 0 Å². The summed E-state index contributed by atoms with van der Waals surface area (Å²) in [5.41, 5.74) is 0.800. The zero-order valence-corrected chi connectivity index (χ0v) is 16.7. The van der Waals surface area contributed by atoms with Gasteiger partial charge >= 0.3 is 0 Å². The maximum Gasteiger partial charge on any atom is 0.242 e. The van der Waals surface area contributed by atoms with Crippen LogP contribution in [0.5, 0.6) is 11.5 Å². The SMILES string of the molecule is CC(NS(=O)(=O)c1cc(Br)ccc1Br)c1ccc2c(c1)OCCO2. The Labute approximate surface area is 157 Å². The summed E-state index contributed by atoms with van der Waals surface area (Å²) in [6.45, 7) is 2.79. The topological polar surface area (TPSA) is 64.6 Å². The van der Waals surface area contributed by atoms with Crippen LogP contribution >= 0.6 is 31.9 Å². The molecule has 0 aliphatic carbocycles. The van der Waals surface area contributed by atoms with Crippen molar-refractivity contribution in [3.05, 3.63) is 50.9 Å². The van der Waals surface area contributed by atoms with Crippen LogP contribution in [0.4, 0.5) is 0 Å². The number of benzene rings is 2. The van der Waals surface area contributed by atoms with E-state index in [9.17, 15) is 8.42 Å². The average molecular weight is 477 g/mol. The molecule has 8 heteroatoms. The number of hydrogen-bond donors (Lipinski definition) is 1. The number of ether oxygens (including phenoxy) is 2. The lowest BCUT2D eigenvalue weighted by atomic mass is 10.1. The minimum atomic E-state index is -3.68. The molecule has 0 amide bonds. The standard InChI is InChI=1S/C16H15Br2NO4S/c1-10(11-2-5-14-15(8-11)23-7-6-22-14)19-24(20,21)16-9-12(17)3-4-13(16)18/h2-5,8-10,19H,6-7H2,1H3. The van der Waals surface area contributed by atoms with Gasteiger partial charge in [0.05, 0.1) is 4.90 Å². The van der Waals surface area contributed by atoms with E-state index in [1.165, 1.54) is 0 Å². The van der Waals surface area contributed by atoms with E-state index in [-0.39, 0.29) is 4.90 Å². The molecule has 2 aromatic rings. The average Bonchev–Trinajstić information content (AvgIpc) is 2.56. The summed E-state index contributed by atoms with van der Waals surface area (Å²) in [5.74, 6) is 1.31. The Morgan fingerprint density at radius 3 is 2.50 bits per heavy atom. The van der Waals surface area contributed by atoms with Gasteiger partial charge in [-0.3, -0.25) is 0 Å². The van der Waals surface area contributed by atoms with Crippen LogP contribution in [-0.4, -0.2) is 21.6 Å². The second-order valence-electron chi connectivity index (χ2n) is 5.32. The van der Waals surface area contributed by atoms with Gasteiger partial charge in [-0.15, -0.1) is 0 Å². The van der Waals surface area contributed by atoms with Crippen molar-refractivity contribution in [3.8, 4) is 11.5 Å². The minimum Gasteiger partial charge on any atom is -0.486 e. The van der Waals surface area contributed by atoms with E-state index in [2.05, 4.69) is 36.6 Å². The predicted molar refractivity (Wildman–Crippen MR) is 98.0 cm³/mol. The number of hydrogen-bond acceptors (Lipinski definition) is 4. The number of nitrogens with one attached hydrogen (secondary N) is 1. The molecule has 0 bridgehead atoms. The lowest BCUT2D eigenvalue weighted by Gasteiger charge is -2.21. The predicted octanol–water partition coefficient (Wildman–Crippen LogP) is 4.02. The highest BCUT2D eigenvalue weighted by Crippen LogP contribution is 2.33. The highest BCUT2D eigenvalue weighted by atomic mass is 79.9. The van der Waals surface area contributed by atoms with Gasteiger partial charge in [-0.1, -0.05) is 22.0 Å². The van der Waals surface area contributed by atoms with Crippen LogP contribution in [0.15, 0.2) is 50.2 Å². The van der Waals surface area contributed by atoms with Crippen molar-refractivity contribution in [1.82, 2.24) is 4.72 Å². The van der Waals surface area contributed by atoms with Crippen molar-refractivity contribution in [3.63, 3.8) is 0 Å². The van der Waals surface area contributed by atoms with Crippen LogP contribution in [0.3, 0.4) is 0 Å². The molecule has 5 nitrogen and oxygen atoms in total. The van der Waals surface area contributed by atoms with Gasteiger partial charge in [0.1, 0.15) is 13.2 Å². The molecule has 0 fully saturated rings. The van der Waals surface area contributed by atoms with Gasteiger partial charge in [0.15, 0.2) is 11.5 Å². The summed E-state index contributed by atoms with van der Waals surface area (Å²) < 4.78 is 40.2. The van der Waals surface area contributed by atoms with E-state index in [4.69, 9.17) is 9.47 Å². The van der Waals surface area contributed by atoms with Gasteiger partial charge in [-0.2, -0.15) is 0 Å². The molecular formula is C16H15Br2NO4S. The lowest BCUT2D eigenvalue weighted by Crippen LogP contribution is -2.27. The summed E-state index contributed by atoms with van der Waals surface area (Å²) in [5, 5.41) is 0. The van der Waals surface area contributed by atoms with Crippen molar-refractivity contribution in [1.29, 1.82) is 0 Å². The molecule has 128 valence electrons. The van der Waals surface area contributed by atoms with E-state index in [0.29, 0.717) is 33.7 Å². The normalized spacial score (nSPS) is 15.1. The highest BCUT2D eigenvalue weighted by molar-refractivity contribution is 9.11. The number of sulfonamides is 1. The molecule has 1 N–H and O–H groups in total. The fraction of sp³-hybridized carbons (Fsp3) is 0.250. The first-order valence-corrected chi connectivity index (χ1v) is 10.3. The summed E-state index contributed by atoms with van der Waals surface area (Å²) in [6, 6.07) is 10.0. The fourth-order valence-electron chi connectivity index (χ4n) is 2.38. The Hall–Kier alpha value is -1.09. The molecule has 0 saturated carbocycles. The van der Waals surface area contributed by atoms with Crippen LogP contribution < -0.4 is 14.2 Å². The maximum absolute atomic E-state index is 12.7. The van der Waals surface area contributed by atoms with Gasteiger partial charge in [-0.05, 0) is 58.7 Å². The molecule has 1 aliphatic heterocycles. The third-order valence-electron chi connectivity index (χ3n) is 3.58. The first kappa shape index (κ1) is 17.7. The van der Waals surface area contributed by atoms with Gasteiger partial charge in [0, 0.05) is 15.0 Å². The molecule has 2 aromatic carbocycles. The first-order chi connectivity index (χ1) is 11.4. The zero-order valence-electron chi connectivity index (χ0n) is 12.8. The van der Waals surface area contributed by atoms with Crippen molar-refractivity contribution < 1.29 is 17.9 Å². The second kappa shape index (κ2) is 7.03. The molecular weight excluding hydrogens is 462 g/mol. The largest absolute Gasteiger partial charge is 0.486 e. The molecule has 0 spiro atoms. The number of rotatable bonds is 4. The van der Waals surface area contributed by atoms with Crippen LogP contribution in [0, 0.1) is 0 Å². The van der Waals surface area contributed by atoms with Crippen molar-refractivity contribution in [2.75, 3.05) is 13.2 Å². The minimum absolute atomic E-state index is 0.182. The van der Waals surface area contributed by atoms with E-state index < -0.39 is 16.1 Å². The summed E-state index contributed by atoms with van der Waals surface area (Å²) in [6.07, 6.45) is 0. The Morgan fingerprint density at radius 2 is 1.75 bits per heavy atom. The maximum atomic E-state index is 12.7. The van der Waals surface area contributed by atoms with Crippen LogP contribution in [0.2, 0.25) is 0 Å². The van der Waals surface area contributed by atoms with Crippen molar-refractivity contribution >= 4 is 41.9 Å². The van der Waals surface area contributed by atoms with Gasteiger partial charge in [-0.25, -0.2) is 13.1 Å². The molecule has 0 radical (unpaired) electrons. The quantitative estimate of drug-likeness (QED) is 0.723. The van der Waals surface area contributed by atoms with Crippen molar-refractivity contribution in [2.24, 2.45) is 0 Å². The van der Waals surface area contributed by atoms with E-state index in [1.54, 1.807) is 37.3 Å². The molecule has 1 unspecified atom stereocenters. The van der Waals surface area contributed by atoms with E-state index in [1.807, 2.05) is 6.07 Å². The summed E-state index contributed by atoms with van der Waals surface area (Å²) in [7, 11) is -3.68. The monoisotopic (exact) mass is 475 g/mol. The molecule has 24 heavy (non-hydrogen) atoms. The van der Waals surface area contributed by atoms with Gasteiger partial charge in [0.2, 0.25) is 10.0 Å². The summed E-state index contributed by atoms with van der Waals surface area (Å²) >= 11 is 6.58. The molecule has 1 aliphatic rings. The van der Waals surface area contributed by atoms with Crippen LogP contribution in [0.1, 0.15) is 18.5 Å². The second-order valence-corrected chi connectivity index (χ2v) is 8.77. The Bertz CT molecular complexity index is 870. The Kier molecular flexibility index (Phi) is 5.19. The Balaban J connectivity index is 1.86. The Morgan fingerprint density at radius 1 is 1.04 bits per heavy atom.